The van der Waals surface area contributed by atoms with Gasteiger partial charge in [0, 0.05) is 11.9 Å². The van der Waals surface area contributed by atoms with E-state index in [1.54, 1.807) is 6.07 Å². The van der Waals surface area contributed by atoms with Gasteiger partial charge in [0.2, 0.25) is 0 Å². The van der Waals surface area contributed by atoms with Crippen LogP contribution >= 0.6 is 11.6 Å². The van der Waals surface area contributed by atoms with E-state index in [0.29, 0.717) is 16.1 Å². The van der Waals surface area contributed by atoms with Crippen LogP contribution in [0, 0.1) is 5.41 Å². The van der Waals surface area contributed by atoms with Crippen LogP contribution in [0.5, 0.6) is 0 Å². The molecule has 0 atom stereocenters. The third kappa shape index (κ3) is 2.75. The van der Waals surface area contributed by atoms with Crippen LogP contribution in [0.4, 0.5) is 0 Å². The van der Waals surface area contributed by atoms with Crippen LogP contribution < -0.4 is 5.32 Å². The molecule has 1 heterocycles. The van der Waals surface area contributed by atoms with Crippen LogP contribution in [0.1, 0.15) is 43.0 Å². The van der Waals surface area contributed by atoms with E-state index in [1.165, 1.54) is 19.3 Å². The number of aromatic nitrogens is 1. The number of pyridine rings is 1. The Kier molecular flexibility index (Phi) is 3.85. The van der Waals surface area contributed by atoms with Gasteiger partial charge in [-0.15, -0.1) is 0 Å². The molecule has 1 saturated carbocycles. The zero-order chi connectivity index (χ0) is 14.9. The SMILES string of the molecule is CCC1(CNC(=O)c2cc(Cl)nc3ccccc23)CCC1. The number of hydrogen-bond acceptors (Lipinski definition) is 2. The minimum absolute atomic E-state index is 0.0600. The van der Waals surface area contributed by atoms with E-state index >= 15 is 0 Å². The molecular formula is C17H19ClN2O. The van der Waals surface area contributed by atoms with Crippen LogP contribution in [0.2, 0.25) is 5.15 Å². The van der Waals surface area contributed by atoms with E-state index in [9.17, 15) is 4.79 Å². The van der Waals surface area contributed by atoms with Gasteiger partial charge in [-0.2, -0.15) is 0 Å². The number of hydrogen-bond donors (Lipinski definition) is 1. The largest absolute Gasteiger partial charge is 0.351 e. The molecule has 1 aromatic carbocycles. The van der Waals surface area contributed by atoms with Crippen molar-refractivity contribution in [1.82, 2.24) is 10.3 Å². The first-order valence-electron chi connectivity index (χ1n) is 7.47. The number of benzene rings is 1. The van der Waals surface area contributed by atoms with Crippen LogP contribution in [0.15, 0.2) is 30.3 Å². The Balaban J connectivity index is 1.84. The van der Waals surface area contributed by atoms with Crippen LogP contribution in [0.3, 0.4) is 0 Å². The first kappa shape index (κ1) is 14.3. The summed E-state index contributed by atoms with van der Waals surface area (Å²) in [5, 5.41) is 4.29. The lowest BCUT2D eigenvalue weighted by Gasteiger charge is -2.41. The lowest BCUT2D eigenvalue weighted by molar-refractivity contribution is 0.0851. The maximum atomic E-state index is 12.5. The molecule has 0 saturated heterocycles. The Morgan fingerprint density at radius 2 is 2.14 bits per heavy atom. The molecule has 1 aliphatic rings. The number of carbonyl (C=O) groups is 1. The summed E-state index contributed by atoms with van der Waals surface area (Å²) in [6.45, 7) is 2.95. The summed E-state index contributed by atoms with van der Waals surface area (Å²) >= 11 is 6.03. The van der Waals surface area contributed by atoms with Gasteiger partial charge in [-0.3, -0.25) is 4.79 Å². The molecular weight excluding hydrogens is 284 g/mol. The lowest BCUT2D eigenvalue weighted by Crippen LogP contribution is -2.41. The normalized spacial score (nSPS) is 16.5. The Morgan fingerprint density at radius 1 is 1.38 bits per heavy atom. The number of para-hydroxylation sites is 1. The van der Waals surface area contributed by atoms with Gasteiger partial charge in [-0.05, 0) is 36.8 Å². The predicted octanol–water partition coefficient (Wildman–Crippen LogP) is 4.20. The highest BCUT2D eigenvalue weighted by Crippen LogP contribution is 2.43. The van der Waals surface area contributed by atoms with Crippen molar-refractivity contribution in [2.24, 2.45) is 5.41 Å². The van der Waals surface area contributed by atoms with E-state index in [2.05, 4.69) is 17.2 Å². The fourth-order valence-electron chi connectivity index (χ4n) is 3.03. The Hall–Kier alpha value is -1.61. The average Bonchev–Trinajstić information content (AvgIpc) is 2.45. The van der Waals surface area contributed by atoms with Crippen molar-refractivity contribution in [3.8, 4) is 0 Å². The molecule has 4 heteroatoms. The molecule has 0 bridgehead atoms. The van der Waals surface area contributed by atoms with Crippen molar-refractivity contribution < 1.29 is 4.79 Å². The molecule has 3 nitrogen and oxygen atoms in total. The summed E-state index contributed by atoms with van der Waals surface area (Å²) in [6.07, 6.45) is 4.81. The molecule has 21 heavy (non-hydrogen) atoms. The van der Waals surface area contributed by atoms with Crippen molar-refractivity contribution >= 4 is 28.4 Å². The first-order chi connectivity index (χ1) is 10.1. The van der Waals surface area contributed by atoms with Gasteiger partial charge in [0.15, 0.2) is 0 Å². The van der Waals surface area contributed by atoms with Crippen LogP contribution in [-0.4, -0.2) is 17.4 Å². The summed E-state index contributed by atoms with van der Waals surface area (Å²) in [4.78, 5) is 16.8. The second-order valence-corrected chi connectivity index (χ2v) is 6.29. The molecule has 0 spiro atoms. The summed E-state index contributed by atoms with van der Waals surface area (Å²) in [6, 6.07) is 9.24. The van der Waals surface area contributed by atoms with Crippen LogP contribution in [-0.2, 0) is 0 Å². The smallest absolute Gasteiger partial charge is 0.252 e. The molecule has 0 unspecified atom stereocenters. The number of nitrogens with zero attached hydrogens (tertiary/aromatic N) is 1. The van der Waals surface area contributed by atoms with E-state index < -0.39 is 0 Å². The van der Waals surface area contributed by atoms with Crippen molar-refractivity contribution in [1.29, 1.82) is 0 Å². The van der Waals surface area contributed by atoms with E-state index in [4.69, 9.17) is 11.6 Å². The standard InChI is InChI=1S/C17H19ClN2O/c1-2-17(8-5-9-17)11-19-16(21)13-10-15(18)20-14-7-4-3-6-12(13)14/h3-4,6-7,10H,2,5,8-9,11H2,1H3,(H,19,21). The molecule has 1 aliphatic carbocycles. The fraction of sp³-hybridized carbons (Fsp3) is 0.412. The molecule has 3 rings (SSSR count). The van der Waals surface area contributed by atoms with Crippen molar-refractivity contribution in [3.63, 3.8) is 0 Å². The molecule has 1 amide bonds. The van der Waals surface area contributed by atoms with Gasteiger partial charge in [0.05, 0.1) is 11.1 Å². The lowest BCUT2D eigenvalue weighted by atomic mass is 9.67. The summed E-state index contributed by atoms with van der Waals surface area (Å²) in [7, 11) is 0. The maximum Gasteiger partial charge on any atom is 0.252 e. The maximum absolute atomic E-state index is 12.5. The second kappa shape index (κ2) is 5.64. The van der Waals surface area contributed by atoms with Gasteiger partial charge in [0.1, 0.15) is 5.15 Å². The number of carbonyl (C=O) groups excluding carboxylic acids is 1. The number of amides is 1. The van der Waals surface area contributed by atoms with E-state index in [-0.39, 0.29) is 5.91 Å². The quantitative estimate of drug-likeness (QED) is 0.860. The average molecular weight is 303 g/mol. The number of rotatable bonds is 4. The minimum Gasteiger partial charge on any atom is -0.351 e. The Labute approximate surface area is 129 Å². The minimum atomic E-state index is -0.0600. The highest BCUT2D eigenvalue weighted by atomic mass is 35.5. The van der Waals surface area contributed by atoms with Crippen molar-refractivity contribution in [2.45, 2.75) is 32.6 Å². The molecule has 110 valence electrons. The zero-order valence-electron chi connectivity index (χ0n) is 12.2. The fourth-order valence-corrected chi connectivity index (χ4v) is 3.23. The van der Waals surface area contributed by atoms with Gasteiger partial charge < -0.3 is 5.32 Å². The molecule has 0 radical (unpaired) electrons. The van der Waals surface area contributed by atoms with E-state index in [0.717, 1.165) is 23.9 Å². The zero-order valence-corrected chi connectivity index (χ0v) is 12.9. The first-order valence-corrected chi connectivity index (χ1v) is 7.85. The predicted molar refractivity (Wildman–Crippen MR) is 85.7 cm³/mol. The molecule has 1 fully saturated rings. The molecule has 1 aromatic heterocycles. The third-order valence-corrected chi connectivity index (χ3v) is 4.91. The summed E-state index contributed by atoms with van der Waals surface area (Å²) in [5.74, 6) is -0.0600. The topological polar surface area (TPSA) is 42.0 Å². The third-order valence-electron chi connectivity index (χ3n) is 4.72. The summed E-state index contributed by atoms with van der Waals surface area (Å²) < 4.78 is 0. The van der Waals surface area contributed by atoms with Crippen molar-refractivity contribution in [3.05, 3.63) is 41.0 Å². The van der Waals surface area contributed by atoms with Crippen molar-refractivity contribution in [2.75, 3.05) is 6.54 Å². The van der Waals surface area contributed by atoms with Crippen LogP contribution in [0.25, 0.3) is 10.9 Å². The Bertz CT molecular complexity index is 674. The number of nitrogens with one attached hydrogen (secondary N) is 1. The van der Waals surface area contributed by atoms with Gasteiger partial charge in [-0.25, -0.2) is 4.98 Å². The van der Waals surface area contributed by atoms with Gasteiger partial charge >= 0.3 is 0 Å². The highest BCUT2D eigenvalue weighted by molar-refractivity contribution is 6.30. The molecule has 2 aromatic rings. The summed E-state index contributed by atoms with van der Waals surface area (Å²) in [5.41, 5.74) is 1.67. The van der Waals surface area contributed by atoms with E-state index in [1.807, 2.05) is 24.3 Å². The van der Waals surface area contributed by atoms with Gasteiger partial charge in [-0.1, -0.05) is 43.1 Å². The molecule has 0 aliphatic heterocycles. The monoisotopic (exact) mass is 302 g/mol. The molecule has 1 N–H and O–H groups in total. The number of halogens is 1. The highest BCUT2D eigenvalue weighted by Gasteiger charge is 2.35. The Morgan fingerprint density at radius 3 is 2.81 bits per heavy atom. The van der Waals surface area contributed by atoms with Gasteiger partial charge in [0.25, 0.3) is 5.91 Å². The second-order valence-electron chi connectivity index (χ2n) is 5.90. The number of fused-ring (bicyclic) bond motifs is 1.